The summed E-state index contributed by atoms with van der Waals surface area (Å²) in [5.74, 6) is 1.43. The predicted molar refractivity (Wildman–Crippen MR) is 151 cm³/mol. The molecule has 3 aliphatic rings. The van der Waals surface area contributed by atoms with E-state index in [-0.39, 0.29) is 18.8 Å². The molecule has 0 radical (unpaired) electrons. The molecule has 0 spiro atoms. The SMILES string of the molecule is Cc1cc(N2C[C@@H](N)[C@@H](F)C2)nc(N2CCN(C[C@H]3CN(c4ccc(C#N)c5nccnc45)C[C@@H](C)O3)CC2)n1. The minimum absolute atomic E-state index is 0.0347. The topological polar surface area (TPSA) is 124 Å². The van der Waals surface area contributed by atoms with Crippen LogP contribution in [0.1, 0.15) is 18.2 Å². The average molecular weight is 547 g/mol. The number of fused-ring (bicyclic) bond motifs is 1. The van der Waals surface area contributed by atoms with Crippen LogP contribution in [0.5, 0.6) is 0 Å². The summed E-state index contributed by atoms with van der Waals surface area (Å²) in [6, 6.07) is 7.45. The van der Waals surface area contributed by atoms with Crippen LogP contribution in [0.25, 0.3) is 11.0 Å². The first-order valence-corrected chi connectivity index (χ1v) is 13.9. The van der Waals surface area contributed by atoms with E-state index < -0.39 is 12.2 Å². The quantitative estimate of drug-likeness (QED) is 0.501. The molecule has 0 aliphatic carbocycles. The lowest BCUT2D eigenvalue weighted by Crippen LogP contribution is -2.54. The highest BCUT2D eigenvalue weighted by molar-refractivity contribution is 5.92. The van der Waals surface area contributed by atoms with Gasteiger partial charge >= 0.3 is 0 Å². The second-order valence-corrected chi connectivity index (χ2v) is 11.0. The molecular weight excluding hydrogens is 511 g/mol. The van der Waals surface area contributed by atoms with Crippen molar-refractivity contribution in [1.82, 2.24) is 24.8 Å². The fourth-order valence-corrected chi connectivity index (χ4v) is 5.97. The number of benzene rings is 1. The minimum atomic E-state index is -1.04. The van der Waals surface area contributed by atoms with Gasteiger partial charge in [0, 0.05) is 76.5 Å². The lowest BCUT2D eigenvalue weighted by Gasteiger charge is -2.42. The van der Waals surface area contributed by atoms with E-state index in [1.54, 1.807) is 12.4 Å². The molecule has 2 N–H and O–H groups in total. The van der Waals surface area contributed by atoms with Gasteiger partial charge in [-0.25, -0.2) is 9.37 Å². The molecule has 12 heteroatoms. The van der Waals surface area contributed by atoms with Gasteiger partial charge in [0.05, 0.1) is 36.0 Å². The van der Waals surface area contributed by atoms with E-state index in [0.717, 1.165) is 68.5 Å². The molecule has 6 rings (SSSR count). The van der Waals surface area contributed by atoms with Crippen LogP contribution in [0.4, 0.5) is 21.8 Å². The molecule has 210 valence electrons. The summed E-state index contributed by atoms with van der Waals surface area (Å²) in [7, 11) is 0. The number of rotatable bonds is 5. The summed E-state index contributed by atoms with van der Waals surface area (Å²) < 4.78 is 20.4. The number of anilines is 3. The number of piperazine rings is 1. The van der Waals surface area contributed by atoms with E-state index in [9.17, 15) is 9.65 Å². The number of hydrogen-bond donors (Lipinski definition) is 1. The third kappa shape index (κ3) is 5.37. The number of morpholine rings is 1. The van der Waals surface area contributed by atoms with Crippen LogP contribution in [0.2, 0.25) is 0 Å². The summed E-state index contributed by atoms with van der Waals surface area (Å²) in [4.78, 5) is 27.3. The van der Waals surface area contributed by atoms with Crippen LogP contribution in [0.3, 0.4) is 0 Å². The third-order valence-electron chi connectivity index (χ3n) is 7.95. The van der Waals surface area contributed by atoms with Crippen LogP contribution in [-0.4, -0.2) is 108 Å². The molecule has 3 aromatic rings. The monoisotopic (exact) mass is 546 g/mol. The maximum atomic E-state index is 14.0. The van der Waals surface area contributed by atoms with Crippen molar-refractivity contribution >= 4 is 28.5 Å². The van der Waals surface area contributed by atoms with Crippen molar-refractivity contribution in [3.63, 3.8) is 0 Å². The first kappa shape index (κ1) is 26.6. The number of aromatic nitrogens is 4. The number of aryl methyl sites for hydroxylation is 1. The minimum Gasteiger partial charge on any atom is -0.370 e. The largest absolute Gasteiger partial charge is 0.370 e. The maximum absolute atomic E-state index is 14.0. The molecule has 0 saturated carbocycles. The molecule has 40 heavy (non-hydrogen) atoms. The predicted octanol–water partition coefficient (Wildman–Crippen LogP) is 1.50. The fraction of sp³-hybridized carbons (Fsp3) is 0.536. The third-order valence-corrected chi connectivity index (χ3v) is 7.95. The molecule has 3 aliphatic heterocycles. The van der Waals surface area contributed by atoms with E-state index in [1.807, 2.05) is 30.0 Å². The highest BCUT2D eigenvalue weighted by Crippen LogP contribution is 2.29. The van der Waals surface area contributed by atoms with E-state index >= 15 is 0 Å². The molecule has 1 aromatic carbocycles. The second kappa shape index (κ2) is 11.1. The van der Waals surface area contributed by atoms with Gasteiger partial charge in [-0.1, -0.05) is 0 Å². The first-order chi connectivity index (χ1) is 19.4. The van der Waals surface area contributed by atoms with Crippen LogP contribution in [0, 0.1) is 18.3 Å². The number of nitriles is 1. The van der Waals surface area contributed by atoms with Crippen LogP contribution in [-0.2, 0) is 4.74 Å². The van der Waals surface area contributed by atoms with Crippen molar-refractivity contribution in [3.8, 4) is 6.07 Å². The Bertz CT molecular complexity index is 1400. The molecule has 0 bridgehead atoms. The molecule has 3 saturated heterocycles. The van der Waals surface area contributed by atoms with Gasteiger partial charge in [-0.15, -0.1) is 0 Å². The Morgan fingerprint density at radius 1 is 1.00 bits per heavy atom. The zero-order valence-electron chi connectivity index (χ0n) is 22.9. The Kier molecular flexibility index (Phi) is 7.35. The fourth-order valence-electron chi connectivity index (χ4n) is 5.97. The van der Waals surface area contributed by atoms with Gasteiger partial charge in [-0.3, -0.25) is 14.9 Å². The molecule has 0 amide bonds. The summed E-state index contributed by atoms with van der Waals surface area (Å²) in [5.41, 5.74) is 9.66. The Labute approximate surface area is 233 Å². The number of ether oxygens (including phenoxy) is 1. The number of hydrogen-bond acceptors (Lipinski definition) is 11. The molecule has 11 nitrogen and oxygen atoms in total. The van der Waals surface area contributed by atoms with Gasteiger partial charge in [-0.05, 0) is 26.0 Å². The van der Waals surface area contributed by atoms with Crippen molar-refractivity contribution in [2.75, 3.05) is 73.6 Å². The number of nitrogens with two attached hydrogens (primary N) is 1. The highest BCUT2D eigenvalue weighted by Gasteiger charge is 2.32. The van der Waals surface area contributed by atoms with Crippen molar-refractivity contribution in [3.05, 3.63) is 41.9 Å². The first-order valence-electron chi connectivity index (χ1n) is 13.9. The van der Waals surface area contributed by atoms with Crippen molar-refractivity contribution < 1.29 is 9.13 Å². The lowest BCUT2D eigenvalue weighted by atomic mass is 10.1. The second-order valence-electron chi connectivity index (χ2n) is 11.0. The van der Waals surface area contributed by atoms with Gasteiger partial charge in [0.15, 0.2) is 0 Å². The molecule has 0 unspecified atom stereocenters. The summed E-state index contributed by atoms with van der Waals surface area (Å²) in [6.07, 6.45) is 2.36. The van der Waals surface area contributed by atoms with Crippen LogP contribution >= 0.6 is 0 Å². The van der Waals surface area contributed by atoms with E-state index in [1.165, 1.54) is 0 Å². The molecular formula is C28H35FN10O. The lowest BCUT2D eigenvalue weighted by molar-refractivity contribution is -0.0327. The number of nitrogens with zero attached hydrogens (tertiary/aromatic N) is 9. The summed E-state index contributed by atoms with van der Waals surface area (Å²) >= 11 is 0. The standard InChI is InChI=1S/C28H35FN10O/c1-18-11-25(39-16-22(29)23(31)17-39)35-28(34-18)37-9-7-36(8-10-37)14-21-15-38(13-19(2)40-21)24-4-3-20(12-30)26-27(24)33-6-5-32-26/h3-6,11,19,21-23H,7-10,13-17,31H2,1-2H3/t19-,21+,22+,23-/m1/s1. The number of halogens is 1. The molecule has 2 aromatic heterocycles. The Morgan fingerprint density at radius 3 is 2.50 bits per heavy atom. The Balaban J connectivity index is 1.10. The zero-order valence-corrected chi connectivity index (χ0v) is 22.9. The molecule has 4 atom stereocenters. The maximum Gasteiger partial charge on any atom is 0.227 e. The summed E-state index contributed by atoms with van der Waals surface area (Å²) in [6.45, 7) is 10.4. The molecule has 3 fully saturated rings. The van der Waals surface area contributed by atoms with Gasteiger partial charge in [0.2, 0.25) is 5.95 Å². The van der Waals surface area contributed by atoms with Gasteiger partial charge in [0.25, 0.3) is 0 Å². The van der Waals surface area contributed by atoms with Gasteiger partial charge in [0.1, 0.15) is 29.1 Å². The Hall–Kier alpha value is -3.66. The van der Waals surface area contributed by atoms with Gasteiger partial charge in [-0.2, -0.15) is 10.2 Å². The summed E-state index contributed by atoms with van der Waals surface area (Å²) in [5, 5.41) is 9.50. The smallest absolute Gasteiger partial charge is 0.227 e. The van der Waals surface area contributed by atoms with Crippen molar-refractivity contribution in [2.45, 2.75) is 38.3 Å². The van der Waals surface area contributed by atoms with Crippen molar-refractivity contribution in [2.24, 2.45) is 5.73 Å². The van der Waals surface area contributed by atoms with Crippen molar-refractivity contribution in [1.29, 1.82) is 5.26 Å². The van der Waals surface area contributed by atoms with E-state index in [0.29, 0.717) is 23.6 Å². The van der Waals surface area contributed by atoms with E-state index in [4.69, 9.17) is 15.5 Å². The van der Waals surface area contributed by atoms with Crippen LogP contribution in [0.15, 0.2) is 30.6 Å². The zero-order chi connectivity index (χ0) is 27.8. The molecule has 5 heterocycles. The highest BCUT2D eigenvalue weighted by atomic mass is 19.1. The van der Waals surface area contributed by atoms with Crippen LogP contribution < -0.4 is 20.4 Å². The number of alkyl halides is 1. The van der Waals surface area contributed by atoms with Gasteiger partial charge < -0.3 is 25.2 Å². The average Bonchev–Trinajstić information content (AvgIpc) is 3.30. The Morgan fingerprint density at radius 2 is 1.77 bits per heavy atom. The normalized spacial score (nSPS) is 25.9. The van der Waals surface area contributed by atoms with E-state index in [2.05, 4.69) is 42.6 Å².